The largest absolute Gasteiger partial charge is 0.493 e. The van der Waals surface area contributed by atoms with Crippen molar-refractivity contribution in [2.45, 2.75) is 26.4 Å². The van der Waals surface area contributed by atoms with Gasteiger partial charge in [0, 0.05) is 0 Å². The highest BCUT2D eigenvalue weighted by atomic mass is 16.5. The van der Waals surface area contributed by atoms with Crippen LogP contribution >= 0.6 is 0 Å². The van der Waals surface area contributed by atoms with Crippen molar-refractivity contribution in [2.24, 2.45) is 0 Å². The monoisotopic (exact) mass is 268 g/mol. The molecule has 5 heteroatoms. The first-order valence-electron chi connectivity index (χ1n) is 6.26. The average Bonchev–Trinajstić information content (AvgIpc) is 2.39. The third kappa shape index (κ3) is 4.44. The van der Waals surface area contributed by atoms with Crippen molar-refractivity contribution < 1.29 is 24.1 Å². The minimum absolute atomic E-state index is 0.0776. The van der Waals surface area contributed by atoms with E-state index in [0.717, 1.165) is 0 Å². The summed E-state index contributed by atoms with van der Waals surface area (Å²) in [5, 5.41) is 9.98. The van der Waals surface area contributed by atoms with Crippen LogP contribution in [0.1, 0.15) is 31.9 Å². The highest BCUT2D eigenvalue weighted by molar-refractivity contribution is 5.70. The first-order chi connectivity index (χ1) is 9.12. The van der Waals surface area contributed by atoms with Gasteiger partial charge in [0.05, 0.1) is 32.8 Å². The molecule has 1 aromatic carbocycles. The minimum atomic E-state index is -0.913. The Morgan fingerprint density at radius 3 is 2.58 bits per heavy atom. The van der Waals surface area contributed by atoms with E-state index in [2.05, 4.69) is 0 Å². The van der Waals surface area contributed by atoms with Crippen molar-refractivity contribution in [2.75, 3.05) is 20.3 Å². The van der Waals surface area contributed by atoms with E-state index in [0.29, 0.717) is 30.3 Å². The molecule has 0 aliphatic heterocycles. The lowest BCUT2D eigenvalue weighted by Gasteiger charge is -2.14. The molecule has 19 heavy (non-hydrogen) atoms. The number of hydrogen-bond acceptors (Lipinski definition) is 5. The van der Waals surface area contributed by atoms with E-state index in [1.165, 1.54) is 0 Å². The molecule has 1 unspecified atom stereocenters. The molecule has 0 radical (unpaired) electrons. The number of esters is 1. The fraction of sp³-hybridized carbons (Fsp3) is 0.500. The Hall–Kier alpha value is -1.75. The number of ether oxygens (including phenoxy) is 3. The predicted octanol–water partition coefficient (Wildman–Crippen LogP) is 2.08. The third-order valence-electron chi connectivity index (χ3n) is 2.54. The van der Waals surface area contributed by atoms with Gasteiger partial charge in [0.2, 0.25) is 0 Å². The second-order valence-corrected chi connectivity index (χ2v) is 3.87. The van der Waals surface area contributed by atoms with Crippen molar-refractivity contribution in [1.82, 2.24) is 0 Å². The lowest BCUT2D eigenvalue weighted by atomic mass is 10.1. The van der Waals surface area contributed by atoms with Crippen LogP contribution in [0.15, 0.2) is 18.2 Å². The second-order valence-electron chi connectivity index (χ2n) is 3.87. The molecule has 0 spiro atoms. The topological polar surface area (TPSA) is 65.0 Å². The molecular formula is C14H20O5. The molecule has 0 aliphatic rings. The van der Waals surface area contributed by atoms with Crippen LogP contribution in [0.5, 0.6) is 11.5 Å². The summed E-state index contributed by atoms with van der Waals surface area (Å²) in [5.41, 5.74) is 0.595. The Balaban J connectivity index is 2.82. The molecule has 0 aliphatic carbocycles. The molecule has 1 N–H and O–H groups in total. The summed E-state index contributed by atoms with van der Waals surface area (Å²) in [4.78, 5) is 11.3. The van der Waals surface area contributed by atoms with E-state index >= 15 is 0 Å². The van der Waals surface area contributed by atoms with Gasteiger partial charge in [-0.2, -0.15) is 0 Å². The molecule has 0 saturated heterocycles. The number of carbonyl (C=O) groups excluding carboxylic acids is 1. The van der Waals surface area contributed by atoms with Gasteiger partial charge in [0.15, 0.2) is 11.5 Å². The molecule has 5 nitrogen and oxygen atoms in total. The van der Waals surface area contributed by atoms with Gasteiger partial charge in [-0.15, -0.1) is 0 Å². The van der Waals surface area contributed by atoms with Crippen molar-refractivity contribution in [3.63, 3.8) is 0 Å². The maximum atomic E-state index is 11.3. The zero-order valence-corrected chi connectivity index (χ0v) is 11.5. The Morgan fingerprint density at radius 2 is 2.00 bits per heavy atom. The van der Waals surface area contributed by atoms with Crippen LogP contribution in [0.2, 0.25) is 0 Å². The Kier molecular flexibility index (Phi) is 6.15. The first kappa shape index (κ1) is 15.3. The molecule has 0 aromatic heterocycles. The number of carbonyl (C=O) groups is 1. The standard InChI is InChI=1S/C14H20O5/c1-4-18-13-8-10(6-7-12(13)17-3)11(15)9-14(16)19-5-2/h6-8,11,15H,4-5,9H2,1-3H3. The van der Waals surface area contributed by atoms with E-state index in [9.17, 15) is 9.90 Å². The van der Waals surface area contributed by atoms with Crippen LogP contribution < -0.4 is 9.47 Å². The van der Waals surface area contributed by atoms with Crippen LogP contribution in [0.25, 0.3) is 0 Å². The summed E-state index contributed by atoms with van der Waals surface area (Å²) in [7, 11) is 1.55. The van der Waals surface area contributed by atoms with Crippen molar-refractivity contribution >= 4 is 5.97 Å². The van der Waals surface area contributed by atoms with Gasteiger partial charge in [-0.25, -0.2) is 0 Å². The minimum Gasteiger partial charge on any atom is -0.493 e. The van der Waals surface area contributed by atoms with E-state index in [1.54, 1.807) is 32.2 Å². The summed E-state index contributed by atoms with van der Waals surface area (Å²) in [6.07, 6.45) is -0.990. The van der Waals surface area contributed by atoms with E-state index in [4.69, 9.17) is 14.2 Å². The van der Waals surface area contributed by atoms with Crippen LogP contribution in [0, 0.1) is 0 Å². The summed E-state index contributed by atoms with van der Waals surface area (Å²) in [6, 6.07) is 5.08. The molecule has 0 saturated carbocycles. The molecule has 1 aromatic rings. The van der Waals surface area contributed by atoms with Crippen molar-refractivity contribution in [1.29, 1.82) is 0 Å². The lowest BCUT2D eigenvalue weighted by molar-refractivity contribution is -0.145. The van der Waals surface area contributed by atoms with Crippen LogP contribution in [-0.4, -0.2) is 31.4 Å². The fourth-order valence-electron chi connectivity index (χ4n) is 1.66. The van der Waals surface area contributed by atoms with Gasteiger partial charge < -0.3 is 19.3 Å². The molecule has 0 bridgehead atoms. The number of aliphatic hydroxyl groups is 1. The third-order valence-corrected chi connectivity index (χ3v) is 2.54. The summed E-state index contributed by atoms with van der Waals surface area (Å²) in [5.74, 6) is 0.711. The normalized spacial score (nSPS) is 11.8. The SMILES string of the molecule is CCOC(=O)CC(O)c1ccc(OC)c(OCC)c1. The zero-order chi connectivity index (χ0) is 14.3. The van der Waals surface area contributed by atoms with Gasteiger partial charge in [-0.05, 0) is 31.5 Å². The number of aliphatic hydroxyl groups excluding tert-OH is 1. The van der Waals surface area contributed by atoms with Gasteiger partial charge in [0.25, 0.3) is 0 Å². The van der Waals surface area contributed by atoms with Crippen LogP contribution in [0.4, 0.5) is 0 Å². The summed E-state index contributed by atoms with van der Waals surface area (Å²) >= 11 is 0. The Labute approximate surface area is 113 Å². The molecule has 1 atom stereocenters. The molecule has 106 valence electrons. The molecular weight excluding hydrogens is 248 g/mol. The highest BCUT2D eigenvalue weighted by Crippen LogP contribution is 2.31. The zero-order valence-electron chi connectivity index (χ0n) is 11.5. The maximum Gasteiger partial charge on any atom is 0.308 e. The first-order valence-corrected chi connectivity index (χ1v) is 6.26. The summed E-state index contributed by atoms with van der Waals surface area (Å²) < 4.78 is 15.4. The second kappa shape index (κ2) is 7.63. The van der Waals surface area contributed by atoms with Gasteiger partial charge >= 0.3 is 5.97 Å². The van der Waals surface area contributed by atoms with Gasteiger partial charge in [-0.1, -0.05) is 6.07 Å². The fourth-order valence-corrected chi connectivity index (χ4v) is 1.66. The molecule has 0 amide bonds. The predicted molar refractivity (Wildman–Crippen MR) is 70.4 cm³/mol. The lowest BCUT2D eigenvalue weighted by Crippen LogP contribution is -2.10. The average molecular weight is 268 g/mol. The molecule has 0 heterocycles. The quantitative estimate of drug-likeness (QED) is 0.767. The number of rotatable bonds is 7. The Bertz CT molecular complexity index is 416. The smallest absolute Gasteiger partial charge is 0.308 e. The number of hydrogen-bond donors (Lipinski definition) is 1. The molecule has 1 rings (SSSR count). The van der Waals surface area contributed by atoms with Crippen molar-refractivity contribution in [3.8, 4) is 11.5 Å². The van der Waals surface area contributed by atoms with Gasteiger partial charge in [-0.3, -0.25) is 4.79 Å². The van der Waals surface area contributed by atoms with Crippen molar-refractivity contribution in [3.05, 3.63) is 23.8 Å². The van der Waals surface area contributed by atoms with E-state index < -0.39 is 12.1 Å². The van der Waals surface area contributed by atoms with Crippen LogP contribution in [0.3, 0.4) is 0 Å². The van der Waals surface area contributed by atoms with Crippen LogP contribution in [-0.2, 0) is 9.53 Å². The highest BCUT2D eigenvalue weighted by Gasteiger charge is 2.16. The maximum absolute atomic E-state index is 11.3. The number of methoxy groups -OCH3 is 1. The number of benzene rings is 1. The molecule has 0 fully saturated rings. The summed E-state index contributed by atoms with van der Waals surface area (Å²) in [6.45, 7) is 4.39. The van der Waals surface area contributed by atoms with Gasteiger partial charge in [0.1, 0.15) is 0 Å². The van der Waals surface area contributed by atoms with E-state index in [1.807, 2.05) is 6.92 Å². The Morgan fingerprint density at radius 1 is 1.26 bits per heavy atom. The van der Waals surface area contributed by atoms with E-state index in [-0.39, 0.29) is 6.42 Å².